The number of aliphatic hydroxyl groups is 1. The Balaban J connectivity index is 2.90. The molecule has 5 nitrogen and oxygen atoms in total. The topological polar surface area (TPSA) is 91.7 Å². The third-order valence-corrected chi connectivity index (χ3v) is 4.92. The van der Waals surface area contributed by atoms with Gasteiger partial charge in [-0.25, -0.2) is 4.79 Å². The molecule has 0 saturated heterocycles. The van der Waals surface area contributed by atoms with Crippen molar-refractivity contribution in [1.82, 2.24) is 0 Å². The number of hydrogen-bond donors (Lipinski definition) is 2. The number of aliphatic hydroxyl groups excluding tert-OH is 1. The maximum Gasteiger partial charge on any atom is 0.340 e. The van der Waals surface area contributed by atoms with Crippen molar-refractivity contribution in [3.05, 3.63) is 34.1 Å². The van der Waals surface area contributed by atoms with E-state index < -0.39 is 28.9 Å². The molecule has 0 aromatic carbocycles. The normalized spacial score (nSPS) is 16.0. The van der Waals surface area contributed by atoms with Crippen molar-refractivity contribution in [2.75, 3.05) is 0 Å². The van der Waals surface area contributed by atoms with Gasteiger partial charge in [-0.15, -0.1) is 0 Å². The molecule has 0 bridgehead atoms. The molecular formula is C22H32O5. The molecule has 1 atom stereocenters. The highest BCUT2D eigenvalue weighted by Gasteiger charge is 2.37. The second kappa shape index (κ2) is 10.9. The van der Waals surface area contributed by atoms with Crippen molar-refractivity contribution in [1.29, 1.82) is 0 Å². The summed E-state index contributed by atoms with van der Waals surface area (Å²) in [6.07, 6.45) is 7.42. The van der Waals surface area contributed by atoms with Gasteiger partial charge < -0.3 is 10.2 Å². The molecule has 0 radical (unpaired) electrons. The molecule has 0 saturated carbocycles. The molecule has 1 aliphatic rings. The Hall–Kier alpha value is -2.17. The van der Waals surface area contributed by atoms with E-state index in [9.17, 15) is 24.6 Å². The lowest BCUT2D eigenvalue weighted by atomic mass is 9.83. The Kier molecular flexibility index (Phi) is 9.19. The lowest BCUT2D eigenvalue weighted by Crippen LogP contribution is -2.28. The molecule has 1 rings (SSSR count). The van der Waals surface area contributed by atoms with Crippen molar-refractivity contribution in [2.24, 2.45) is 5.92 Å². The van der Waals surface area contributed by atoms with Gasteiger partial charge in [0.25, 0.3) is 0 Å². The van der Waals surface area contributed by atoms with Crippen molar-refractivity contribution in [3.63, 3.8) is 0 Å². The Bertz CT molecular complexity index is 675. The fraction of sp³-hybridized carbons (Fsp3) is 0.591. The van der Waals surface area contributed by atoms with Crippen LogP contribution in [0, 0.1) is 5.92 Å². The van der Waals surface area contributed by atoms with Gasteiger partial charge in [0.1, 0.15) is 5.57 Å². The second-order valence-corrected chi connectivity index (χ2v) is 7.60. The number of carboxylic acids is 1. The van der Waals surface area contributed by atoms with Crippen LogP contribution < -0.4 is 0 Å². The summed E-state index contributed by atoms with van der Waals surface area (Å²) in [7, 11) is 0. The maximum absolute atomic E-state index is 12.7. The first-order valence-electron chi connectivity index (χ1n) is 9.81. The van der Waals surface area contributed by atoms with Crippen LogP contribution in [0.5, 0.6) is 0 Å². The zero-order valence-electron chi connectivity index (χ0n) is 16.9. The molecule has 1 unspecified atom stereocenters. The molecule has 5 heteroatoms. The zero-order valence-corrected chi connectivity index (χ0v) is 16.9. The lowest BCUT2D eigenvalue weighted by molar-refractivity contribution is -0.135. The van der Waals surface area contributed by atoms with Crippen LogP contribution in [0.1, 0.15) is 79.1 Å². The van der Waals surface area contributed by atoms with Gasteiger partial charge in [0.05, 0.1) is 0 Å². The van der Waals surface area contributed by atoms with E-state index in [1.54, 1.807) is 0 Å². The van der Waals surface area contributed by atoms with E-state index in [0.717, 1.165) is 25.7 Å². The highest BCUT2D eigenvalue weighted by Crippen LogP contribution is 2.31. The van der Waals surface area contributed by atoms with Gasteiger partial charge >= 0.3 is 5.97 Å². The quantitative estimate of drug-likeness (QED) is 0.227. The number of ketones is 2. The van der Waals surface area contributed by atoms with Gasteiger partial charge in [0.2, 0.25) is 11.6 Å². The summed E-state index contributed by atoms with van der Waals surface area (Å²) in [5.41, 5.74) is 0.688. The first kappa shape index (κ1) is 22.9. The molecule has 150 valence electrons. The van der Waals surface area contributed by atoms with Crippen molar-refractivity contribution in [2.45, 2.75) is 79.1 Å². The first-order valence-corrected chi connectivity index (χ1v) is 9.81. The van der Waals surface area contributed by atoms with E-state index in [0.29, 0.717) is 18.8 Å². The van der Waals surface area contributed by atoms with Gasteiger partial charge in [-0.1, -0.05) is 38.3 Å². The van der Waals surface area contributed by atoms with Crippen molar-refractivity contribution in [3.8, 4) is 0 Å². The highest BCUT2D eigenvalue weighted by atomic mass is 16.4. The minimum absolute atomic E-state index is 0.0503. The predicted molar refractivity (Wildman–Crippen MR) is 106 cm³/mol. The predicted octanol–water partition coefficient (Wildman–Crippen LogP) is 5.07. The molecule has 2 N–H and O–H groups in total. The Morgan fingerprint density at radius 1 is 1.04 bits per heavy atom. The van der Waals surface area contributed by atoms with Crippen molar-refractivity contribution >= 4 is 17.5 Å². The number of unbranched alkanes of at least 4 members (excludes halogenated alkanes) is 2. The number of allylic oxidation sites excluding steroid dienone is 4. The zero-order chi connectivity index (χ0) is 20.6. The average molecular weight is 376 g/mol. The van der Waals surface area contributed by atoms with Crippen LogP contribution in [0.25, 0.3) is 0 Å². The number of carbonyl (C=O) groups excluding carboxylic acids is 2. The molecule has 1 aliphatic carbocycles. The number of rotatable bonds is 11. The average Bonchev–Trinajstić information content (AvgIpc) is 2.58. The fourth-order valence-electron chi connectivity index (χ4n) is 3.23. The number of carbonyl (C=O) groups is 3. The summed E-state index contributed by atoms with van der Waals surface area (Å²) in [5.74, 6) is -3.06. The number of carboxylic acid groups (broad SMARTS) is 1. The number of Topliss-reactive ketones (excluding diaryl/α,β-unsaturated/α-hetero) is 2. The fourth-order valence-corrected chi connectivity index (χ4v) is 3.23. The van der Waals surface area contributed by atoms with Crippen LogP contribution in [0.3, 0.4) is 0 Å². The number of hydrogen-bond acceptors (Lipinski definition) is 4. The second-order valence-electron chi connectivity index (χ2n) is 7.60. The third-order valence-electron chi connectivity index (χ3n) is 4.92. The van der Waals surface area contributed by atoms with Gasteiger partial charge in [0, 0.05) is 11.1 Å². The Morgan fingerprint density at radius 2 is 1.70 bits per heavy atom. The smallest absolute Gasteiger partial charge is 0.340 e. The van der Waals surface area contributed by atoms with E-state index in [1.807, 2.05) is 20.8 Å². The summed E-state index contributed by atoms with van der Waals surface area (Å²) < 4.78 is 0. The molecule has 27 heavy (non-hydrogen) atoms. The maximum atomic E-state index is 12.7. The summed E-state index contributed by atoms with van der Waals surface area (Å²) >= 11 is 0. The van der Waals surface area contributed by atoms with Crippen LogP contribution in [0.4, 0.5) is 0 Å². The van der Waals surface area contributed by atoms with Crippen molar-refractivity contribution < 1.29 is 24.6 Å². The molecule has 0 amide bonds. The van der Waals surface area contributed by atoms with Crippen LogP contribution in [-0.4, -0.2) is 27.7 Å². The van der Waals surface area contributed by atoms with Crippen LogP contribution >= 0.6 is 0 Å². The molecule has 0 aromatic rings. The molecule has 0 aliphatic heterocycles. The van der Waals surface area contributed by atoms with Crippen LogP contribution in [-0.2, 0) is 14.4 Å². The third kappa shape index (κ3) is 6.49. The Labute approximate surface area is 161 Å². The van der Waals surface area contributed by atoms with E-state index >= 15 is 0 Å². The van der Waals surface area contributed by atoms with Gasteiger partial charge in [-0.3, -0.25) is 9.59 Å². The van der Waals surface area contributed by atoms with Crippen LogP contribution in [0.2, 0.25) is 0 Å². The minimum atomic E-state index is -1.39. The largest absolute Gasteiger partial charge is 0.504 e. The molecule has 0 heterocycles. The molecular weight excluding hydrogens is 344 g/mol. The SMILES string of the molecule is CCCCCC1=C(C(=O)O)C(=O)C(CCC(C)CCC=C(C)C)=C(O)C1=O. The van der Waals surface area contributed by atoms with E-state index in [1.165, 1.54) is 5.57 Å². The van der Waals surface area contributed by atoms with Crippen LogP contribution in [0.15, 0.2) is 34.1 Å². The molecule has 0 fully saturated rings. The lowest BCUT2D eigenvalue weighted by Gasteiger charge is -2.20. The van der Waals surface area contributed by atoms with Gasteiger partial charge in [-0.2, -0.15) is 0 Å². The minimum Gasteiger partial charge on any atom is -0.504 e. The standard InChI is InChI=1S/C22H32O5/c1-5-6-7-11-16-18(22(26)27)19(23)17(21(25)20(16)24)13-12-15(4)10-8-9-14(2)3/h9,15,25H,5-8,10-13H2,1-4H3,(H,26,27). The molecule has 0 aromatic heterocycles. The highest BCUT2D eigenvalue weighted by molar-refractivity contribution is 6.33. The van der Waals surface area contributed by atoms with E-state index in [4.69, 9.17) is 0 Å². The van der Waals surface area contributed by atoms with Gasteiger partial charge in [0.15, 0.2) is 5.76 Å². The van der Waals surface area contributed by atoms with E-state index in [-0.39, 0.29) is 24.0 Å². The Morgan fingerprint density at radius 3 is 2.26 bits per heavy atom. The summed E-state index contributed by atoms with van der Waals surface area (Å²) in [6, 6.07) is 0. The summed E-state index contributed by atoms with van der Waals surface area (Å²) in [5, 5.41) is 19.7. The summed E-state index contributed by atoms with van der Waals surface area (Å²) in [6.45, 7) is 8.12. The molecule has 0 spiro atoms. The monoisotopic (exact) mass is 376 g/mol. The number of aliphatic carboxylic acids is 1. The first-order chi connectivity index (χ1) is 12.7. The van der Waals surface area contributed by atoms with E-state index in [2.05, 4.69) is 13.0 Å². The summed E-state index contributed by atoms with van der Waals surface area (Å²) in [4.78, 5) is 36.8. The van der Waals surface area contributed by atoms with Gasteiger partial charge in [-0.05, 0) is 58.3 Å².